The predicted molar refractivity (Wildman–Crippen MR) is 111 cm³/mol. The highest BCUT2D eigenvalue weighted by molar-refractivity contribution is 8.14. The monoisotopic (exact) mass is 412 g/mol. The van der Waals surface area contributed by atoms with E-state index >= 15 is 0 Å². The average molecular weight is 412 g/mol. The number of nitrogens with one attached hydrogen (secondary N) is 3. The number of anilines is 1. The second-order valence-electron chi connectivity index (χ2n) is 6.23. The lowest BCUT2D eigenvalue weighted by atomic mass is 10.2. The van der Waals surface area contributed by atoms with Crippen molar-refractivity contribution < 1.29 is 19.2 Å². The number of carbonyl (C=O) groups is 4. The molecular weight excluding hydrogens is 392 g/mol. The van der Waals surface area contributed by atoms with E-state index in [1.807, 2.05) is 6.07 Å². The molecule has 29 heavy (non-hydrogen) atoms. The third-order valence-corrected chi connectivity index (χ3v) is 4.98. The summed E-state index contributed by atoms with van der Waals surface area (Å²) in [6.07, 6.45) is 0. The van der Waals surface area contributed by atoms with Gasteiger partial charge in [0.15, 0.2) is 0 Å². The van der Waals surface area contributed by atoms with Crippen LogP contribution in [-0.2, 0) is 11.3 Å². The summed E-state index contributed by atoms with van der Waals surface area (Å²) in [7, 11) is 0. The number of imide groups is 1. The van der Waals surface area contributed by atoms with E-state index < -0.39 is 6.03 Å². The SMILES string of the molecule is O=C(NCCNC(=O)c1ccccc1)Nc1ccc(CN2C(=O)CSC2=O)cc1. The molecule has 0 atom stereocenters. The van der Waals surface area contributed by atoms with Gasteiger partial charge in [-0.1, -0.05) is 42.1 Å². The number of hydrogen-bond donors (Lipinski definition) is 3. The van der Waals surface area contributed by atoms with E-state index in [9.17, 15) is 19.2 Å². The minimum atomic E-state index is -0.395. The molecule has 0 aliphatic carbocycles. The number of nitrogens with zero attached hydrogens (tertiary/aromatic N) is 1. The Bertz CT molecular complexity index is 886. The van der Waals surface area contributed by atoms with Gasteiger partial charge in [0.25, 0.3) is 11.1 Å². The van der Waals surface area contributed by atoms with Crippen LogP contribution in [0.2, 0.25) is 0 Å². The van der Waals surface area contributed by atoms with Crippen molar-refractivity contribution in [3.8, 4) is 0 Å². The van der Waals surface area contributed by atoms with Crippen LogP contribution in [-0.4, -0.2) is 46.8 Å². The fourth-order valence-corrected chi connectivity index (χ4v) is 3.35. The van der Waals surface area contributed by atoms with Crippen LogP contribution >= 0.6 is 11.8 Å². The fraction of sp³-hybridized carbons (Fsp3) is 0.200. The third-order valence-electron chi connectivity index (χ3n) is 4.13. The Morgan fingerprint density at radius 1 is 0.931 bits per heavy atom. The van der Waals surface area contributed by atoms with Crippen molar-refractivity contribution in [3.05, 3.63) is 65.7 Å². The highest BCUT2D eigenvalue weighted by atomic mass is 32.2. The first-order chi connectivity index (χ1) is 14.0. The first kappa shape index (κ1) is 20.4. The molecule has 3 N–H and O–H groups in total. The number of hydrogen-bond acceptors (Lipinski definition) is 5. The Balaban J connectivity index is 1.38. The molecule has 0 spiro atoms. The van der Waals surface area contributed by atoms with Gasteiger partial charge in [-0.05, 0) is 29.8 Å². The zero-order chi connectivity index (χ0) is 20.6. The molecule has 1 heterocycles. The zero-order valence-electron chi connectivity index (χ0n) is 15.5. The molecule has 2 aromatic carbocycles. The highest BCUT2D eigenvalue weighted by Gasteiger charge is 2.29. The molecule has 0 radical (unpaired) electrons. The molecule has 1 aliphatic heterocycles. The van der Waals surface area contributed by atoms with Crippen LogP contribution in [0.5, 0.6) is 0 Å². The lowest BCUT2D eigenvalue weighted by molar-refractivity contribution is -0.125. The summed E-state index contributed by atoms with van der Waals surface area (Å²) in [5, 5.41) is 7.83. The van der Waals surface area contributed by atoms with E-state index in [0.29, 0.717) is 17.8 Å². The van der Waals surface area contributed by atoms with Crippen molar-refractivity contribution in [2.45, 2.75) is 6.54 Å². The van der Waals surface area contributed by atoms with Crippen molar-refractivity contribution in [1.82, 2.24) is 15.5 Å². The van der Waals surface area contributed by atoms with Crippen LogP contribution in [0.25, 0.3) is 0 Å². The van der Waals surface area contributed by atoms with Gasteiger partial charge in [-0.25, -0.2) is 4.79 Å². The summed E-state index contributed by atoms with van der Waals surface area (Å²) < 4.78 is 0. The number of amides is 5. The predicted octanol–water partition coefficient (Wildman–Crippen LogP) is 2.43. The van der Waals surface area contributed by atoms with E-state index in [1.165, 1.54) is 4.90 Å². The van der Waals surface area contributed by atoms with E-state index in [1.54, 1.807) is 48.5 Å². The molecule has 1 aliphatic rings. The van der Waals surface area contributed by atoms with Gasteiger partial charge in [0.1, 0.15) is 0 Å². The first-order valence-electron chi connectivity index (χ1n) is 8.97. The number of thioether (sulfide) groups is 1. The molecule has 9 heteroatoms. The lowest BCUT2D eigenvalue weighted by Gasteiger charge is -2.13. The quantitative estimate of drug-likeness (QED) is 0.606. The summed E-state index contributed by atoms with van der Waals surface area (Å²) in [6.45, 7) is 0.799. The number of carbonyl (C=O) groups excluding carboxylic acids is 4. The van der Waals surface area contributed by atoms with Gasteiger partial charge in [0, 0.05) is 24.3 Å². The smallest absolute Gasteiger partial charge is 0.319 e. The Morgan fingerprint density at radius 3 is 2.28 bits per heavy atom. The minimum Gasteiger partial charge on any atom is -0.350 e. The van der Waals surface area contributed by atoms with Crippen LogP contribution in [0.4, 0.5) is 15.3 Å². The molecule has 2 aromatic rings. The molecule has 0 aromatic heterocycles. The largest absolute Gasteiger partial charge is 0.350 e. The maximum Gasteiger partial charge on any atom is 0.319 e. The Kier molecular flexibility index (Phi) is 6.85. The molecule has 0 bridgehead atoms. The molecule has 3 rings (SSSR count). The van der Waals surface area contributed by atoms with E-state index in [2.05, 4.69) is 16.0 Å². The summed E-state index contributed by atoms with van der Waals surface area (Å²) in [5.41, 5.74) is 1.93. The van der Waals surface area contributed by atoms with Gasteiger partial charge in [-0.3, -0.25) is 19.3 Å². The van der Waals surface area contributed by atoms with Crippen molar-refractivity contribution in [2.24, 2.45) is 0 Å². The number of rotatable bonds is 7. The normalized spacial score (nSPS) is 13.3. The molecule has 0 unspecified atom stereocenters. The molecule has 5 amide bonds. The van der Waals surface area contributed by atoms with E-state index in [0.717, 1.165) is 17.3 Å². The van der Waals surface area contributed by atoms with Gasteiger partial charge in [-0.2, -0.15) is 0 Å². The van der Waals surface area contributed by atoms with Gasteiger partial charge in [0.2, 0.25) is 5.91 Å². The number of benzene rings is 2. The fourth-order valence-electron chi connectivity index (χ4n) is 2.63. The zero-order valence-corrected chi connectivity index (χ0v) is 16.3. The van der Waals surface area contributed by atoms with Crippen LogP contribution in [0.1, 0.15) is 15.9 Å². The van der Waals surface area contributed by atoms with Crippen molar-refractivity contribution in [3.63, 3.8) is 0 Å². The van der Waals surface area contributed by atoms with Gasteiger partial charge in [0.05, 0.1) is 12.3 Å². The molecule has 0 saturated carbocycles. The molecule has 1 saturated heterocycles. The Labute approximate surface area is 172 Å². The molecule has 8 nitrogen and oxygen atoms in total. The summed E-state index contributed by atoms with van der Waals surface area (Å²) >= 11 is 1.00. The second-order valence-corrected chi connectivity index (χ2v) is 7.16. The standard InChI is InChI=1S/C20H20N4O4S/c25-17-13-29-20(28)24(17)12-14-6-8-16(9-7-14)23-19(27)22-11-10-21-18(26)15-4-2-1-3-5-15/h1-9H,10-13H2,(H,21,26)(H2,22,23,27). The third kappa shape index (κ3) is 5.82. The van der Waals surface area contributed by atoms with Gasteiger partial charge >= 0.3 is 6.03 Å². The number of urea groups is 1. The van der Waals surface area contributed by atoms with Crippen molar-refractivity contribution in [2.75, 3.05) is 24.2 Å². The highest BCUT2D eigenvalue weighted by Crippen LogP contribution is 2.21. The first-order valence-corrected chi connectivity index (χ1v) is 9.95. The van der Waals surface area contributed by atoms with Crippen LogP contribution in [0.3, 0.4) is 0 Å². The van der Waals surface area contributed by atoms with Crippen LogP contribution in [0.15, 0.2) is 54.6 Å². The average Bonchev–Trinajstić information content (AvgIpc) is 3.05. The minimum absolute atomic E-state index is 0.185. The summed E-state index contributed by atoms with van der Waals surface area (Å²) in [6, 6.07) is 15.3. The van der Waals surface area contributed by atoms with E-state index in [-0.39, 0.29) is 35.9 Å². The van der Waals surface area contributed by atoms with Crippen LogP contribution in [0, 0.1) is 0 Å². The van der Waals surface area contributed by atoms with Crippen molar-refractivity contribution in [1.29, 1.82) is 0 Å². The molecule has 150 valence electrons. The van der Waals surface area contributed by atoms with Crippen LogP contribution < -0.4 is 16.0 Å². The molecular formula is C20H20N4O4S. The lowest BCUT2D eigenvalue weighted by Crippen LogP contribution is -2.36. The second kappa shape index (κ2) is 9.74. The maximum absolute atomic E-state index is 11.9. The molecule has 1 fully saturated rings. The van der Waals surface area contributed by atoms with Gasteiger partial charge < -0.3 is 16.0 Å². The van der Waals surface area contributed by atoms with Gasteiger partial charge in [-0.15, -0.1) is 0 Å². The maximum atomic E-state index is 11.9. The summed E-state index contributed by atoms with van der Waals surface area (Å²) in [4.78, 5) is 48.3. The Hall–Kier alpha value is -3.33. The summed E-state index contributed by atoms with van der Waals surface area (Å²) in [5.74, 6) is -0.206. The van der Waals surface area contributed by atoms with Crippen molar-refractivity contribution >= 4 is 40.5 Å². The Morgan fingerprint density at radius 2 is 1.62 bits per heavy atom. The topological polar surface area (TPSA) is 108 Å². The van der Waals surface area contributed by atoms with E-state index in [4.69, 9.17) is 0 Å².